The molecule has 0 saturated heterocycles. The average Bonchev–Trinajstić information content (AvgIpc) is 2.30. The Kier molecular flexibility index (Phi) is 5.12. The molecule has 0 aliphatic heterocycles. The lowest BCUT2D eigenvalue weighted by Crippen LogP contribution is -2.28. The van der Waals surface area contributed by atoms with Crippen molar-refractivity contribution in [3.05, 3.63) is 29.3 Å². The number of rotatable bonds is 5. The second-order valence-corrected chi connectivity index (χ2v) is 4.40. The fourth-order valence-electron chi connectivity index (χ4n) is 1.74. The number of benzene rings is 1. The summed E-state index contributed by atoms with van der Waals surface area (Å²) in [7, 11) is 0. The fourth-order valence-corrected chi connectivity index (χ4v) is 1.74. The highest BCUT2D eigenvalue weighted by Gasteiger charge is 2.20. The Balaban J connectivity index is 2.64. The van der Waals surface area contributed by atoms with E-state index in [1.54, 1.807) is 18.2 Å². The third-order valence-corrected chi connectivity index (χ3v) is 2.80. The molecule has 100 valence electrons. The maximum Gasteiger partial charge on any atom is 0.216 e. The van der Waals surface area contributed by atoms with Crippen molar-refractivity contribution in [1.82, 2.24) is 5.32 Å². The molecule has 1 aromatic carbocycles. The molecule has 0 heterocycles. The Morgan fingerprint density at radius 2 is 2.11 bits per heavy atom. The number of carbonyl (C=O) groups is 1. The van der Waals surface area contributed by atoms with E-state index in [4.69, 9.17) is 5.73 Å². The first-order valence-corrected chi connectivity index (χ1v) is 5.88. The van der Waals surface area contributed by atoms with Gasteiger partial charge < -0.3 is 21.3 Å². The number of anilines is 1. The zero-order valence-electron chi connectivity index (χ0n) is 10.7. The molecule has 1 rings (SSSR count). The minimum Gasteiger partial charge on any atom is -0.399 e. The van der Waals surface area contributed by atoms with Gasteiger partial charge in [0.15, 0.2) is 0 Å². The predicted molar refractivity (Wildman–Crippen MR) is 69.9 cm³/mol. The van der Waals surface area contributed by atoms with Crippen LogP contribution in [-0.2, 0) is 4.79 Å². The fraction of sp³-hybridized carbons (Fsp3) is 0.462. The third-order valence-electron chi connectivity index (χ3n) is 2.80. The van der Waals surface area contributed by atoms with Gasteiger partial charge in [0.1, 0.15) is 6.10 Å². The Bertz CT molecular complexity index is 421. The zero-order chi connectivity index (χ0) is 13.7. The van der Waals surface area contributed by atoms with Gasteiger partial charge in [-0.25, -0.2) is 0 Å². The van der Waals surface area contributed by atoms with E-state index in [1.165, 1.54) is 6.92 Å². The molecule has 5 N–H and O–H groups in total. The Hall–Kier alpha value is -1.59. The van der Waals surface area contributed by atoms with Gasteiger partial charge in [-0.3, -0.25) is 4.79 Å². The summed E-state index contributed by atoms with van der Waals surface area (Å²) in [6.07, 6.45) is -1.64. The molecule has 0 bridgehead atoms. The van der Waals surface area contributed by atoms with Crippen molar-refractivity contribution in [3.63, 3.8) is 0 Å². The molecular formula is C13H20N2O3. The number of hydrogen-bond donors (Lipinski definition) is 4. The minimum atomic E-state index is -0.998. The Labute approximate surface area is 107 Å². The number of nitrogen functional groups attached to an aromatic ring is 1. The van der Waals surface area contributed by atoms with Crippen molar-refractivity contribution in [2.75, 3.05) is 12.3 Å². The second kappa shape index (κ2) is 6.37. The zero-order valence-corrected chi connectivity index (χ0v) is 10.7. The predicted octanol–water partition coefficient (Wildman–Crippen LogP) is 0.498. The first-order chi connectivity index (χ1) is 8.41. The molecule has 2 atom stereocenters. The van der Waals surface area contributed by atoms with Gasteiger partial charge in [-0.15, -0.1) is 0 Å². The number of aliphatic hydroxyl groups excluding tert-OH is 2. The molecular weight excluding hydrogens is 232 g/mol. The smallest absolute Gasteiger partial charge is 0.216 e. The lowest BCUT2D eigenvalue weighted by molar-refractivity contribution is -0.119. The van der Waals surface area contributed by atoms with E-state index in [2.05, 4.69) is 5.32 Å². The van der Waals surface area contributed by atoms with Crippen LogP contribution in [0.1, 0.15) is 30.6 Å². The monoisotopic (exact) mass is 252 g/mol. The molecule has 1 amide bonds. The van der Waals surface area contributed by atoms with Gasteiger partial charge in [-0.05, 0) is 36.6 Å². The summed E-state index contributed by atoms with van der Waals surface area (Å²) in [6.45, 7) is 3.58. The number of carbonyl (C=O) groups excluding carboxylic acids is 1. The number of aryl methyl sites for hydroxylation is 1. The number of nitrogens with two attached hydrogens (primary N) is 1. The molecule has 0 spiro atoms. The first-order valence-electron chi connectivity index (χ1n) is 5.88. The van der Waals surface area contributed by atoms with Crippen molar-refractivity contribution < 1.29 is 15.0 Å². The third kappa shape index (κ3) is 4.01. The van der Waals surface area contributed by atoms with Crippen LogP contribution in [0.3, 0.4) is 0 Å². The summed E-state index contributed by atoms with van der Waals surface area (Å²) in [5.41, 5.74) is 7.69. The summed E-state index contributed by atoms with van der Waals surface area (Å²) >= 11 is 0. The van der Waals surface area contributed by atoms with E-state index < -0.39 is 12.2 Å². The molecule has 0 aliphatic rings. The van der Waals surface area contributed by atoms with Gasteiger partial charge in [-0.1, -0.05) is 6.07 Å². The van der Waals surface area contributed by atoms with Gasteiger partial charge in [0.25, 0.3) is 0 Å². The van der Waals surface area contributed by atoms with E-state index in [-0.39, 0.29) is 12.3 Å². The average molecular weight is 252 g/mol. The van der Waals surface area contributed by atoms with E-state index >= 15 is 0 Å². The lowest BCUT2D eigenvalue weighted by atomic mass is 9.97. The normalized spacial score (nSPS) is 14.0. The van der Waals surface area contributed by atoms with Crippen molar-refractivity contribution in [2.24, 2.45) is 0 Å². The molecule has 18 heavy (non-hydrogen) atoms. The van der Waals surface area contributed by atoms with Crippen LogP contribution in [0.4, 0.5) is 5.69 Å². The molecule has 5 heteroatoms. The number of aliphatic hydroxyl groups is 2. The van der Waals surface area contributed by atoms with Gasteiger partial charge in [0, 0.05) is 19.2 Å². The lowest BCUT2D eigenvalue weighted by Gasteiger charge is -2.20. The number of amides is 1. The van der Waals surface area contributed by atoms with E-state index in [1.807, 2.05) is 6.92 Å². The molecule has 5 nitrogen and oxygen atoms in total. The summed E-state index contributed by atoms with van der Waals surface area (Å²) in [6, 6.07) is 5.20. The first kappa shape index (κ1) is 14.5. The van der Waals surface area contributed by atoms with Gasteiger partial charge in [-0.2, -0.15) is 0 Å². The Morgan fingerprint density at radius 3 is 2.72 bits per heavy atom. The molecule has 2 unspecified atom stereocenters. The van der Waals surface area contributed by atoms with Crippen molar-refractivity contribution in [2.45, 2.75) is 32.5 Å². The molecule has 0 fully saturated rings. The van der Waals surface area contributed by atoms with Crippen molar-refractivity contribution in [1.29, 1.82) is 0 Å². The number of nitrogens with one attached hydrogen (secondary N) is 1. The van der Waals surface area contributed by atoms with Crippen LogP contribution >= 0.6 is 0 Å². The van der Waals surface area contributed by atoms with Crippen molar-refractivity contribution in [3.8, 4) is 0 Å². The van der Waals surface area contributed by atoms with Crippen LogP contribution in [0.2, 0.25) is 0 Å². The summed E-state index contributed by atoms with van der Waals surface area (Å²) in [5.74, 6) is -0.156. The maximum atomic E-state index is 10.7. The van der Waals surface area contributed by atoms with Gasteiger partial charge in [0.05, 0.1) is 6.10 Å². The van der Waals surface area contributed by atoms with Crippen LogP contribution in [-0.4, -0.2) is 28.8 Å². The van der Waals surface area contributed by atoms with Crippen LogP contribution in [0.15, 0.2) is 18.2 Å². The summed E-state index contributed by atoms with van der Waals surface area (Å²) < 4.78 is 0. The summed E-state index contributed by atoms with van der Waals surface area (Å²) in [4.78, 5) is 10.7. The van der Waals surface area contributed by atoms with Crippen LogP contribution < -0.4 is 11.1 Å². The molecule has 0 saturated carbocycles. The molecule has 0 aromatic heterocycles. The highest BCUT2D eigenvalue weighted by Crippen LogP contribution is 2.24. The topological polar surface area (TPSA) is 95.6 Å². The van der Waals surface area contributed by atoms with E-state index in [0.29, 0.717) is 17.8 Å². The highest BCUT2D eigenvalue weighted by atomic mass is 16.3. The number of hydrogen-bond acceptors (Lipinski definition) is 4. The van der Waals surface area contributed by atoms with Crippen LogP contribution in [0, 0.1) is 6.92 Å². The summed E-state index contributed by atoms with van der Waals surface area (Å²) in [5, 5.41) is 22.5. The standard InChI is InChI=1S/C13H20N2O3/c1-8-3-4-10(14)7-11(8)13(18)12(17)5-6-15-9(2)16/h3-4,7,12-13,17-18H,5-6,14H2,1-2H3,(H,15,16). The molecule has 0 radical (unpaired) electrons. The highest BCUT2D eigenvalue weighted by molar-refractivity contribution is 5.72. The largest absolute Gasteiger partial charge is 0.399 e. The van der Waals surface area contributed by atoms with Crippen LogP contribution in [0.25, 0.3) is 0 Å². The maximum absolute atomic E-state index is 10.7. The van der Waals surface area contributed by atoms with Crippen molar-refractivity contribution >= 4 is 11.6 Å². The van der Waals surface area contributed by atoms with E-state index in [0.717, 1.165) is 5.56 Å². The second-order valence-electron chi connectivity index (χ2n) is 4.40. The Morgan fingerprint density at radius 1 is 1.44 bits per heavy atom. The molecule has 1 aromatic rings. The SMILES string of the molecule is CC(=O)NCCC(O)C(O)c1cc(N)ccc1C. The molecule has 0 aliphatic carbocycles. The van der Waals surface area contributed by atoms with Gasteiger partial charge in [0.2, 0.25) is 5.91 Å². The van der Waals surface area contributed by atoms with E-state index in [9.17, 15) is 15.0 Å². The van der Waals surface area contributed by atoms with Crippen LogP contribution in [0.5, 0.6) is 0 Å². The quantitative estimate of drug-likeness (QED) is 0.574. The van der Waals surface area contributed by atoms with Gasteiger partial charge >= 0.3 is 0 Å². The minimum absolute atomic E-state index is 0.156.